The van der Waals surface area contributed by atoms with Crippen molar-refractivity contribution in [3.05, 3.63) is 34.1 Å². The summed E-state index contributed by atoms with van der Waals surface area (Å²) in [6.45, 7) is 0. The first-order valence-corrected chi connectivity index (χ1v) is 4.26. The van der Waals surface area contributed by atoms with E-state index >= 15 is 0 Å². The highest BCUT2D eigenvalue weighted by molar-refractivity contribution is 5.74. The van der Waals surface area contributed by atoms with Gasteiger partial charge in [-0.2, -0.15) is 0 Å². The molecular weight excluding hydrogens is 184 g/mol. The average Bonchev–Trinajstić information content (AvgIpc) is 2.98. The SMILES string of the molecule is O=CC1(c2ncccc2[N+](=O)[O-])CC1. The van der Waals surface area contributed by atoms with Crippen LogP contribution in [0.25, 0.3) is 0 Å². The van der Waals surface area contributed by atoms with Crippen molar-refractivity contribution >= 4 is 12.0 Å². The molecule has 14 heavy (non-hydrogen) atoms. The molecule has 5 heteroatoms. The van der Waals surface area contributed by atoms with Gasteiger partial charge in [0.05, 0.1) is 10.3 Å². The summed E-state index contributed by atoms with van der Waals surface area (Å²) in [6, 6.07) is 2.88. The molecule has 0 saturated heterocycles. The highest BCUT2D eigenvalue weighted by atomic mass is 16.6. The number of nitrogens with zero attached hydrogens (tertiary/aromatic N) is 2. The predicted molar refractivity (Wildman–Crippen MR) is 47.9 cm³/mol. The van der Waals surface area contributed by atoms with Crippen molar-refractivity contribution in [2.75, 3.05) is 0 Å². The van der Waals surface area contributed by atoms with Gasteiger partial charge in [0.1, 0.15) is 12.0 Å². The van der Waals surface area contributed by atoms with Crippen LogP contribution in [0.5, 0.6) is 0 Å². The van der Waals surface area contributed by atoms with Gasteiger partial charge in [0.2, 0.25) is 0 Å². The predicted octanol–water partition coefficient (Wildman–Crippen LogP) is 1.22. The van der Waals surface area contributed by atoms with Crippen LogP contribution in [-0.4, -0.2) is 16.2 Å². The van der Waals surface area contributed by atoms with Gasteiger partial charge in [-0.3, -0.25) is 15.1 Å². The Kier molecular flexibility index (Phi) is 1.80. The van der Waals surface area contributed by atoms with E-state index in [2.05, 4.69) is 4.98 Å². The van der Waals surface area contributed by atoms with Crippen LogP contribution in [0.1, 0.15) is 18.5 Å². The van der Waals surface area contributed by atoms with Crippen LogP contribution in [0, 0.1) is 10.1 Å². The summed E-state index contributed by atoms with van der Waals surface area (Å²) in [7, 11) is 0. The summed E-state index contributed by atoms with van der Waals surface area (Å²) < 4.78 is 0. The van der Waals surface area contributed by atoms with E-state index in [1.165, 1.54) is 18.3 Å². The minimum absolute atomic E-state index is 0.0582. The Hall–Kier alpha value is -1.78. The largest absolute Gasteiger partial charge is 0.302 e. The van der Waals surface area contributed by atoms with Crippen LogP contribution in [0.3, 0.4) is 0 Å². The molecule has 1 heterocycles. The van der Waals surface area contributed by atoms with E-state index < -0.39 is 10.3 Å². The molecule has 1 aliphatic carbocycles. The van der Waals surface area contributed by atoms with E-state index in [9.17, 15) is 14.9 Å². The summed E-state index contributed by atoms with van der Waals surface area (Å²) >= 11 is 0. The molecule has 1 aromatic rings. The first-order chi connectivity index (χ1) is 6.69. The fourth-order valence-corrected chi connectivity index (χ4v) is 1.47. The van der Waals surface area contributed by atoms with Crippen molar-refractivity contribution in [3.63, 3.8) is 0 Å². The second kappa shape index (κ2) is 2.87. The van der Waals surface area contributed by atoms with Gasteiger partial charge >= 0.3 is 0 Å². The van der Waals surface area contributed by atoms with Gasteiger partial charge < -0.3 is 4.79 Å². The molecule has 0 bridgehead atoms. The Labute approximate surface area is 79.9 Å². The Morgan fingerprint density at radius 2 is 2.29 bits per heavy atom. The molecule has 0 atom stereocenters. The zero-order valence-corrected chi connectivity index (χ0v) is 7.34. The fourth-order valence-electron chi connectivity index (χ4n) is 1.47. The van der Waals surface area contributed by atoms with Crippen LogP contribution in [0.15, 0.2) is 18.3 Å². The van der Waals surface area contributed by atoms with Crippen LogP contribution in [-0.2, 0) is 10.2 Å². The summed E-state index contributed by atoms with van der Waals surface area (Å²) in [5.74, 6) is 0. The topological polar surface area (TPSA) is 73.1 Å². The van der Waals surface area contributed by atoms with Crippen molar-refractivity contribution in [2.45, 2.75) is 18.3 Å². The van der Waals surface area contributed by atoms with Crippen molar-refractivity contribution in [1.82, 2.24) is 4.98 Å². The molecule has 0 aromatic carbocycles. The maximum absolute atomic E-state index is 10.8. The number of nitro groups is 1. The molecule has 1 saturated carbocycles. The minimum atomic E-state index is -0.677. The smallest absolute Gasteiger partial charge is 0.291 e. The van der Waals surface area contributed by atoms with E-state index in [0.29, 0.717) is 18.5 Å². The Morgan fingerprint density at radius 3 is 2.79 bits per heavy atom. The Morgan fingerprint density at radius 1 is 1.57 bits per heavy atom. The maximum Gasteiger partial charge on any atom is 0.291 e. The zero-order chi connectivity index (χ0) is 10.2. The average molecular weight is 192 g/mol. The van der Waals surface area contributed by atoms with E-state index in [1.54, 1.807) is 0 Å². The quantitative estimate of drug-likeness (QED) is 0.410. The molecule has 0 N–H and O–H groups in total. The lowest BCUT2D eigenvalue weighted by Gasteiger charge is -2.05. The first-order valence-electron chi connectivity index (χ1n) is 4.26. The summed E-state index contributed by atoms with van der Waals surface area (Å²) in [4.78, 5) is 24.9. The third kappa shape index (κ3) is 1.17. The molecule has 1 aliphatic rings. The molecule has 2 rings (SSSR count). The van der Waals surface area contributed by atoms with Crippen molar-refractivity contribution in [3.8, 4) is 0 Å². The second-order valence-electron chi connectivity index (χ2n) is 3.40. The molecule has 0 aliphatic heterocycles. The second-order valence-corrected chi connectivity index (χ2v) is 3.40. The molecule has 0 unspecified atom stereocenters. The highest BCUT2D eigenvalue weighted by Gasteiger charge is 2.49. The van der Waals surface area contributed by atoms with Crippen LogP contribution in [0.4, 0.5) is 5.69 Å². The number of pyridine rings is 1. The van der Waals surface area contributed by atoms with Crippen LogP contribution < -0.4 is 0 Å². The third-order valence-electron chi connectivity index (χ3n) is 2.47. The maximum atomic E-state index is 10.8. The molecule has 1 fully saturated rings. The van der Waals surface area contributed by atoms with Gasteiger partial charge in [-0.25, -0.2) is 0 Å². The molecule has 5 nitrogen and oxygen atoms in total. The summed E-state index contributed by atoms with van der Waals surface area (Å²) in [6.07, 6.45) is 3.57. The highest BCUT2D eigenvalue weighted by Crippen LogP contribution is 2.48. The van der Waals surface area contributed by atoms with Crippen molar-refractivity contribution in [1.29, 1.82) is 0 Å². The number of rotatable bonds is 3. The molecule has 0 radical (unpaired) electrons. The van der Waals surface area contributed by atoms with Crippen LogP contribution >= 0.6 is 0 Å². The van der Waals surface area contributed by atoms with Gasteiger partial charge in [-0.15, -0.1) is 0 Å². The zero-order valence-electron chi connectivity index (χ0n) is 7.34. The van der Waals surface area contributed by atoms with Gasteiger partial charge in [0.15, 0.2) is 0 Å². The normalized spacial score (nSPS) is 17.4. The van der Waals surface area contributed by atoms with Gasteiger partial charge in [0.25, 0.3) is 5.69 Å². The molecular formula is C9H8N2O3. The first kappa shape index (κ1) is 8.80. The summed E-state index contributed by atoms with van der Waals surface area (Å²) in [5.41, 5.74) is -0.430. The van der Waals surface area contributed by atoms with E-state index in [4.69, 9.17) is 0 Å². The third-order valence-corrected chi connectivity index (χ3v) is 2.47. The Bertz CT molecular complexity index is 399. The number of carbonyl (C=O) groups is 1. The lowest BCUT2D eigenvalue weighted by atomic mass is 10.0. The fraction of sp³-hybridized carbons (Fsp3) is 0.333. The standard InChI is InChI=1S/C9H8N2O3/c12-6-9(3-4-9)8-7(11(13)14)2-1-5-10-8/h1-2,5-6H,3-4H2. The van der Waals surface area contributed by atoms with Crippen molar-refractivity contribution < 1.29 is 9.72 Å². The molecule has 72 valence electrons. The lowest BCUT2D eigenvalue weighted by molar-refractivity contribution is -0.386. The van der Waals surface area contributed by atoms with E-state index in [-0.39, 0.29) is 5.69 Å². The van der Waals surface area contributed by atoms with E-state index in [0.717, 1.165) is 6.29 Å². The monoisotopic (exact) mass is 192 g/mol. The number of hydrogen-bond acceptors (Lipinski definition) is 4. The number of carbonyl (C=O) groups excluding carboxylic acids is 1. The van der Waals surface area contributed by atoms with E-state index in [1.807, 2.05) is 0 Å². The van der Waals surface area contributed by atoms with Crippen LogP contribution in [0.2, 0.25) is 0 Å². The minimum Gasteiger partial charge on any atom is -0.302 e. The van der Waals surface area contributed by atoms with Crippen molar-refractivity contribution in [2.24, 2.45) is 0 Å². The number of aromatic nitrogens is 1. The Balaban J connectivity index is 2.52. The lowest BCUT2D eigenvalue weighted by Crippen LogP contribution is -2.12. The molecule has 1 aromatic heterocycles. The number of aldehydes is 1. The molecule has 0 amide bonds. The summed E-state index contributed by atoms with van der Waals surface area (Å²) in [5, 5.41) is 10.7. The molecule has 0 spiro atoms. The number of hydrogen-bond donors (Lipinski definition) is 0. The van der Waals surface area contributed by atoms with Gasteiger partial charge in [-0.05, 0) is 18.9 Å². The van der Waals surface area contributed by atoms with Gasteiger partial charge in [-0.1, -0.05) is 0 Å². The van der Waals surface area contributed by atoms with Gasteiger partial charge in [0, 0.05) is 12.3 Å².